The molecule has 0 saturated heterocycles. The maximum Gasteiger partial charge on any atom is 0.174 e. The highest BCUT2D eigenvalue weighted by Crippen LogP contribution is 2.32. The van der Waals surface area contributed by atoms with Gasteiger partial charge in [0.25, 0.3) is 0 Å². The molecular formula is C20H19BrN2OS. The summed E-state index contributed by atoms with van der Waals surface area (Å²) in [5.74, 6) is 0.0514. The molecule has 0 amide bonds. The third-order valence-corrected chi connectivity index (χ3v) is 5.17. The van der Waals surface area contributed by atoms with Crippen molar-refractivity contribution >= 4 is 39.0 Å². The average Bonchev–Trinajstić information content (AvgIpc) is 2.58. The van der Waals surface area contributed by atoms with E-state index in [0.717, 1.165) is 26.9 Å². The fraction of sp³-hybridized carbons (Fsp3) is 0.200. The SMILES string of the molecule is CC(=O)C1=C(C)N(Cc2ccccc2)C(=S)NC1c1cccc(Br)c1. The van der Waals surface area contributed by atoms with Crippen LogP contribution in [0.5, 0.6) is 0 Å². The number of nitrogens with zero attached hydrogens (tertiary/aromatic N) is 1. The number of halogens is 1. The first-order valence-electron chi connectivity index (χ1n) is 8.06. The largest absolute Gasteiger partial charge is 0.351 e. The second-order valence-electron chi connectivity index (χ2n) is 6.06. The summed E-state index contributed by atoms with van der Waals surface area (Å²) < 4.78 is 0.977. The Kier molecular flexibility index (Phi) is 5.35. The van der Waals surface area contributed by atoms with Gasteiger partial charge in [-0.2, -0.15) is 0 Å². The number of carbonyl (C=O) groups excluding carboxylic acids is 1. The maximum absolute atomic E-state index is 12.4. The lowest BCUT2D eigenvalue weighted by Gasteiger charge is -2.38. The van der Waals surface area contributed by atoms with Gasteiger partial charge in [-0.3, -0.25) is 4.79 Å². The van der Waals surface area contributed by atoms with E-state index in [0.29, 0.717) is 11.7 Å². The molecule has 1 unspecified atom stereocenters. The van der Waals surface area contributed by atoms with Crippen LogP contribution in [0.15, 0.2) is 70.3 Å². The number of Topliss-reactive ketones (excluding diaryl/α,β-unsaturated/α-hetero) is 1. The van der Waals surface area contributed by atoms with Crippen molar-refractivity contribution in [1.82, 2.24) is 10.2 Å². The van der Waals surface area contributed by atoms with Gasteiger partial charge in [-0.25, -0.2) is 0 Å². The monoisotopic (exact) mass is 414 g/mol. The molecule has 1 N–H and O–H groups in total. The molecule has 0 aromatic heterocycles. The summed E-state index contributed by atoms with van der Waals surface area (Å²) in [6.07, 6.45) is 0. The molecule has 128 valence electrons. The molecule has 0 saturated carbocycles. The molecule has 2 aromatic rings. The van der Waals surface area contributed by atoms with E-state index in [9.17, 15) is 4.79 Å². The lowest BCUT2D eigenvalue weighted by molar-refractivity contribution is -0.114. The Bertz CT molecular complexity index is 848. The number of carbonyl (C=O) groups is 1. The van der Waals surface area contributed by atoms with Gasteiger partial charge in [0.05, 0.1) is 6.04 Å². The molecule has 5 heteroatoms. The molecule has 3 rings (SSSR count). The number of benzene rings is 2. The normalized spacial score (nSPS) is 17.5. The van der Waals surface area contributed by atoms with Gasteiger partial charge in [-0.1, -0.05) is 58.4 Å². The third-order valence-electron chi connectivity index (χ3n) is 4.34. The quantitative estimate of drug-likeness (QED) is 0.731. The van der Waals surface area contributed by atoms with Crippen molar-refractivity contribution in [2.45, 2.75) is 26.4 Å². The van der Waals surface area contributed by atoms with Crippen LogP contribution in [0.3, 0.4) is 0 Å². The Morgan fingerprint density at radius 2 is 1.92 bits per heavy atom. The fourth-order valence-corrected chi connectivity index (χ4v) is 3.87. The van der Waals surface area contributed by atoms with E-state index in [2.05, 4.69) is 33.4 Å². The van der Waals surface area contributed by atoms with E-state index in [1.807, 2.05) is 54.3 Å². The lowest BCUT2D eigenvalue weighted by Crippen LogP contribution is -2.47. The van der Waals surface area contributed by atoms with E-state index in [1.54, 1.807) is 6.92 Å². The summed E-state index contributed by atoms with van der Waals surface area (Å²) in [7, 11) is 0. The van der Waals surface area contributed by atoms with Crippen LogP contribution in [0.2, 0.25) is 0 Å². The highest BCUT2D eigenvalue weighted by Gasteiger charge is 2.32. The summed E-state index contributed by atoms with van der Waals surface area (Å²) in [5, 5.41) is 3.99. The Hall–Kier alpha value is -1.98. The summed E-state index contributed by atoms with van der Waals surface area (Å²) in [6.45, 7) is 4.22. The van der Waals surface area contributed by atoms with Gasteiger partial charge in [0.2, 0.25) is 0 Å². The van der Waals surface area contributed by atoms with Crippen molar-refractivity contribution in [3.63, 3.8) is 0 Å². The zero-order valence-corrected chi connectivity index (χ0v) is 16.5. The van der Waals surface area contributed by atoms with Crippen LogP contribution in [0.1, 0.15) is 31.0 Å². The van der Waals surface area contributed by atoms with E-state index in [-0.39, 0.29) is 11.8 Å². The number of hydrogen-bond acceptors (Lipinski definition) is 2. The van der Waals surface area contributed by atoms with Gasteiger partial charge in [-0.15, -0.1) is 0 Å². The maximum atomic E-state index is 12.4. The fourth-order valence-electron chi connectivity index (χ4n) is 3.13. The molecule has 0 radical (unpaired) electrons. The minimum absolute atomic E-state index is 0.0514. The van der Waals surface area contributed by atoms with Crippen molar-refractivity contribution in [3.8, 4) is 0 Å². The van der Waals surface area contributed by atoms with Crippen LogP contribution in [0.25, 0.3) is 0 Å². The van der Waals surface area contributed by atoms with Gasteiger partial charge in [0.1, 0.15) is 0 Å². The Morgan fingerprint density at radius 3 is 2.56 bits per heavy atom. The predicted molar refractivity (Wildman–Crippen MR) is 108 cm³/mol. The summed E-state index contributed by atoms with van der Waals surface area (Å²) in [4.78, 5) is 14.4. The van der Waals surface area contributed by atoms with Crippen LogP contribution >= 0.6 is 28.1 Å². The van der Waals surface area contributed by atoms with Gasteiger partial charge in [-0.05, 0) is 49.3 Å². The van der Waals surface area contributed by atoms with Crippen LogP contribution < -0.4 is 5.32 Å². The highest BCUT2D eigenvalue weighted by atomic mass is 79.9. The summed E-state index contributed by atoms with van der Waals surface area (Å²) in [5.41, 5.74) is 3.82. The first-order chi connectivity index (χ1) is 12.0. The summed E-state index contributed by atoms with van der Waals surface area (Å²) >= 11 is 9.11. The predicted octanol–water partition coefficient (Wildman–Crippen LogP) is 4.74. The molecule has 1 aliphatic heterocycles. The number of ketones is 1. The van der Waals surface area contributed by atoms with Gasteiger partial charge in [0, 0.05) is 22.3 Å². The highest BCUT2D eigenvalue weighted by molar-refractivity contribution is 9.10. The van der Waals surface area contributed by atoms with Crippen LogP contribution in [0, 0.1) is 0 Å². The number of allylic oxidation sites excluding steroid dienone is 1. The first-order valence-corrected chi connectivity index (χ1v) is 9.26. The second-order valence-corrected chi connectivity index (χ2v) is 7.37. The molecule has 0 fully saturated rings. The third kappa shape index (κ3) is 3.83. The van der Waals surface area contributed by atoms with E-state index < -0.39 is 0 Å². The van der Waals surface area contributed by atoms with Gasteiger partial charge < -0.3 is 10.2 Å². The smallest absolute Gasteiger partial charge is 0.174 e. The minimum Gasteiger partial charge on any atom is -0.351 e. The Labute approximate surface area is 161 Å². The second kappa shape index (κ2) is 7.50. The van der Waals surface area contributed by atoms with E-state index in [4.69, 9.17) is 12.2 Å². The Balaban J connectivity index is 2.01. The zero-order valence-electron chi connectivity index (χ0n) is 14.1. The molecule has 3 nitrogen and oxygen atoms in total. The van der Waals surface area contributed by atoms with Crippen LogP contribution in [-0.4, -0.2) is 15.8 Å². The lowest BCUT2D eigenvalue weighted by atomic mass is 9.92. The Morgan fingerprint density at radius 1 is 1.20 bits per heavy atom. The molecule has 2 aromatic carbocycles. The van der Waals surface area contributed by atoms with Crippen molar-refractivity contribution in [1.29, 1.82) is 0 Å². The van der Waals surface area contributed by atoms with Crippen molar-refractivity contribution in [3.05, 3.63) is 81.5 Å². The molecule has 1 atom stereocenters. The number of nitrogens with one attached hydrogen (secondary N) is 1. The first kappa shape index (κ1) is 17.8. The molecule has 1 aliphatic rings. The van der Waals surface area contributed by atoms with Crippen LogP contribution in [-0.2, 0) is 11.3 Å². The molecule has 0 spiro atoms. The van der Waals surface area contributed by atoms with Gasteiger partial charge >= 0.3 is 0 Å². The molecule has 1 heterocycles. The van der Waals surface area contributed by atoms with E-state index in [1.165, 1.54) is 0 Å². The van der Waals surface area contributed by atoms with Crippen molar-refractivity contribution in [2.75, 3.05) is 0 Å². The standard InChI is InChI=1S/C20H19BrN2OS/c1-13-18(14(2)24)19(16-9-6-10-17(21)11-16)22-20(25)23(13)12-15-7-4-3-5-8-15/h3-11,19H,12H2,1-2H3,(H,22,25). The van der Waals surface area contributed by atoms with Crippen molar-refractivity contribution in [2.24, 2.45) is 0 Å². The zero-order chi connectivity index (χ0) is 18.0. The van der Waals surface area contributed by atoms with Gasteiger partial charge in [0.15, 0.2) is 10.9 Å². The number of rotatable bonds is 4. The van der Waals surface area contributed by atoms with Crippen molar-refractivity contribution < 1.29 is 4.79 Å². The summed E-state index contributed by atoms with van der Waals surface area (Å²) in [6, 6.07) is 17.9. The average molecular weight is 415 g/mol. The number of hydrogen-bond donors (Lipinski definition) is 1. The molecule has 25 heavy (non-hydrogen) atoms. The molecule has 0 bridgehead atoms. The van der Waals surface area contributed by atoms with Crippen LogP contribution in [0.4, 0.5) is 0 Å². The molecule has 0 aliphatic carbocycles. The minimum atomic E-state index is -0.227. The number of thiocarbonyl (C=S) groups is 1. The molecular weight excluding hydrogens is 396 g/mol. The topological polar surface area (TPSA) is 32.3 Å². The van der Waals surface area contributed by atoms with E-state index >= 15 is 0 Å².